The van der Waals surface area contributed by atoms with E-state index in [2.05, 4.69) is 9.98 Å². The summed E-state index contributed by atoms with van der Waals surface area (Å²) in [6, 6.07) is 15.7. The zero-order valence-electron chi connectivity index (χ0n) is 12.3. The number of aliphatic imine (C=N–C) groups is 2. The first-order valence-corrected chi connectivity index (χ1v) is 7.37. The average Bonchev–Trinajstić information content (AvgIpc) is 2.56. The van der Waals surface area contributed by atoms with E-state index in [0.717, 1.165) is 22.6 Å². The lowest BCUT2D eigenvalue weighted by atomic mass is 10.2. The van der Waals surface area contributed by atoms with Crippen LogP contribution in [0.2, 0.25) is 0 Å². The van der Waals surface area contributed by atoms with E-state index in [-0.39, 0.29) is 0 Å². The second-order valence-corrected chi connectivity index (χ2v) is 4.84. The Morgan fingerprint density at radius 1 is 0.636 bits per heavy atom. The summed E-state index contributed by atoms with van der Waals surface area (Å²) in [4.78, 5) is 8.81. The molecular formula is C18H18N2O2. The molecule has 4 heteroatoms. The summed E-state index contributed by atoms with van der Waals surface area (Å²) in [5.74, 6) is 1.65. The van der Waals surface area contributed by atoms with Crippen molar-refractivity contribution in [2.24, 2.45) is 9.98 Å². The van der Waals surface area contributed by atoms with E-state index in [1.807, 2.05) is 61.0 Å². The molecule has 0 N–H and O–H groups in total. The van der Waals surface area contributed by atoms with Gasteiger partial charge in [-0.3, -0.25) is 9.98 Å². The average molecular weight is 294 g/mol. The summed E-state index contributed by atoms with van der Waals surface area (Å²) < 4.78 is 11.6. The molecule has 2 aromatic carbocycles. The number of rotatable bonds is 0. The standard InChI is InChI=1S/C18H18N2O2/c1-3-7-17-15(5-1)13-19-9-10-20-14-16-6-2-4-8-18(16)22-12-11-21-17/h1-8,13-14H,9-12H2. The van der Waals surface area contributed by atoms with Gasteiger partial charge in [0.1, 0.15) is 24.7 Å². The first-order valence-electron chi connectivity index (χ1n) is 7.37. The van der Waals surface area contributed by atoms with Crippen LogP contribution in [0.1, 0.15) is 11.1 Å². The number of fused-ring (bicyclic) bond motifs is 2. The molecule has 1 aliphatic heterocycles. The van der Waals surface area contributed by atoms with Crippen molar-refractivity contribution in [3.05, 3.63) is 59.7 Å². The molecule has 1 aliphatic rings. The van der Waals surface area contributed by atoms with Crippen molar-refractivity contribution < 1.29 is 9.47 Å². The fourth-order valence-electron chi connectivity index (χ4n) is 2.18. The first-order chi connectivity index (χ1) is 10.9. The first kappa shape index (κ1) is 14.3. The van der Waals surface area contributed by atoms with Gasteiger partial charge in [0.2, 0.25) is 0 Å². The third kappa shape index (κ3) is 3.73. The number of nitrogens with zero attached hydrogens (tertiary/aromatic N) is 2. The summed E-state index contributed by atoms with van der Waals surface area (Å²) in [7, 11) is 0. The molecule has 0 saturated carbocycles. The van der Waals surface area contributed by atoms with Gasteiger partial charge in [0.05, 0.1) is 13.1 Å². The summed E-state index contributed by atoms with van der Waals surface area (Å²) in [6.07, 6.45) is 3.68. The summed E-state index contributed by atoms with van der Waals surface area (Å²) in [5.41, 5.74) is 1.95. The molecule has 112 valence electrons. The number of hydrogen-bond donors (Lipinski definition) is 0. The summed E-state index contributed by atoms with van der Waals surface area (Å²) in [5, 5.41) is 0. The highest BCUT2D eigenvalue weighted by molar-refractivity contribution is 5.84. The highest BCUT2D eigenvalue weighted by Crippen LogP contribution is 2.18. The second-order valence-electron chi connectivity index (χ2n) is 4.84. The van der Waals surface area contributed by atoms with Crippen LogP contribution in [0.15, 0.2) is 58.5 Å². The maximum absolute atomic E-state index is 5.80. The quantitative estimate of drug-likeness (QED) is 0.749. The zero-order chi connectivity index (χ0) is 15.0. The molecule has 0 atom stereocenters. The minimum Gasteiger partial charge on any atom is -0.489 e. The molecule has 0 fully saturated rings. The molecule has 0 saturated heterocycles. The Balaban J connectivity index is 1.80. The van der Waals surface area contributed by atoms with Crippen molar-refractivity contribution in [1.82, 2.24) is 0 Å². The molecule has 1 heterocycles. The largest absolute Gasteiger partial charge is 0.489 e. The molecule has 0 aliphatic carbocycles. The number of para-hydroxylation sites is 2. The van der Waals surface area contributed by atoms with Crippen molar-refractivity contribution in [2.75, 3.05) is 26.3 Å². The Bertz CT molecular complexity index is 621. The molecule has 0 radical (unpaired) electrons. The molecule has 0 aromatic heterocycles. The van der Waals surface area contributed by atoms with E-state index < -0.39 is 0 Å². The third-order valence-corrected chi connectivity index (χ3v) is 3.26. The Morgan fingerprint density at radius 3 is 1.59 bits per heavy atom. The number of hydrogen-bond acceptors (Lipinski definition) is 4. The van der Waals surface area contributed by atoms with E-state index in [9.17, 15) is 0 Å². The molecule has 0 bridgehead atoms. The topological polar surface area (TPSA) is 43.2 Å². The minimum absolute atomic E-state index is 0.482. The smallest absolute Gasteiger partial charge is 0.128 e. The van der Waals surface area contributed by atoms with Gasteiger partial charge in [-0.05, 0) is 24.3 Å². The Morgan fingerprint density at radius 2 is 1.09 bits per heavy atom. The lowest BCUT2D eigenvalue weighted by molar-refractivity contribution is 0.217. The van der Waals surface area contributed by atoms with Crippen molar-refractivity contribution >= 4 is 12.4 Å². The monoisotopic (exact) mass is 294 g/mol. The predicted molar refractivity (Wildman–Crippen MR) is 88.8 cm³/mol. The summed E-state index contributed by atoms with van der Waals surface area (Å²) >= 11 is 0. The lowest BCUT2D eigenvalue weighted by Gasteiger charge is -2.12. The van der Waals surface area contributed by atoms with Gasteiger partial charge in [-0.2, -0.15) is 0 Å². The van der Waals surface area contributed by atoms with Crippen LogP contribution in [-0.2, 0) is 0 Å². The second kappa shape index (κ2) is 7.41. The maximum Gasteiger partial charge on any atom is 0.128 e. The van der Waals surface area contributed by atoms with Crippen LogP contribution in [0, 0.1) is 0 Å². The number of ether oxygens (including phenoxy) is 2. The van der Waals surface area contributed by atoms with Crippen LogP contribution in [0.3, 0.4) is 0 Å². The van der Waals surface area contributed by atoms with E-state index >= 15 is 0 Å². The van der Waals surface area contributed by atoms with Crippen LogP contribution in [-0.4, -0.2) is 38.7 Å². The van der Waals surface area contributed by atoms with Gasteiger partial charge < -0.3 is 9.47 Å². The van der Waals surface area contributed by atoms with Gasteiger partial charge in [-0.25, -0.2) is 0 Å². The van der Waals surface area contributed by atoms with Gasteiger partial charge in [-0.1, -0.05) is 24.3 Å². The van der Waals surface area contributed by atoms with E-state index in [1.165, 1.54) is 0 Å². The van der Waals surface area contributed by atoms with Crippen molar-refractivity contribution in [3.63, 3.8) is 0 Å². The van der Waals surface area contributed by atoms with E-state index in [0.29, 0.717) is 26.3 Å². The molecule has 0 spiro atoms. The molecule has 2 aromatic rings. The fraction of sp³-hybridized carbons (Fsp3) is 0.222. The maximum atomic E-state index is 5.80. The highest BCUT2D eigenvalue weighted by Gasteiger charge is 2.03. The highest BCUT2D eigenvalue weighted by atomic mass is 16.5. The molecule has 0 unspecified atom stereocenters. The molecule has 3 rings (SSSR count). The lowest BCUT2D eigenvalue weighted by Crippen LogP contribution is -2.11. The van der Waals surface area contributed by atoms with Gasteiger partial charge >= 0.3 is 0 Å². The zero-order valence-corrected chi connectivity index (χ0v) is 12.3. The van der Waals surface area contributed by atoms with E-state index in [4.69, 9.17) is 9.47 Å². The molecule has 4 nitrogen and oxygen atoms in total. The van der Waals surface area contributed by atoms with Crippen LogP contribution in [0.5, 0.6) is 11.5 Å². The van der Waals surface area contributed by atoms with Crippen molar-refractivity contribution in [3.8, 4) is 11.5 Å². The summed E-state index contributed by atoms with van der Waals surface area (Å²) in [6.45, 7) is 2.26. The van der Waals surface area contributed by atoms with E-state index in [1.54, 1.807) is 0 Å². The number of benzene rings is 2. The van der Waals surface area contributed by atoms with Crippen LogP contribution >= 0.6 is 0 Å². The molecule has 22 heavy (non-hydrogen) atoms. The van der Waals surface area contributed by atoms with Crippen LogP contribution < -0.4 is 9.47 Å². The van der Waals surface area contributed by atoms with Crippen LogP contribution in [0.4, 0.5) is 0 Å². The predicted octanol–water partition coefficient (Wildman–Crippen LogP) is 3.00. The van der Waals surface area contributed by atoms with Gasteiger partial charge in [0.15, 0.2) is 0 Å². The van der Waals surface area contributed by atoms with Gasteiger partial charge in [-0.15, -0.1) is 0 Å². The molecule has 0 amide bonds. The normalized spacial score (nSPS) is 14.9. The van der Waals surface area contributed by atoms with Crippen LogP contribution in [0.25, 0.3) is 0 Å². The Kier molecular flexibility index (Phi) is 4.82. The van der Waals surface area contributed by atoms with Crippen molar-refractivity contribution in [1.29, 1.82) is 0 Å². The van der Waals surface area contributed by atoms with Gasteiger partial charge in [0, 0.05) is 23.6 Å². The minimum atomic E-state index is 0.482. The van der Waals surface area contributed by atoms with Gasteiger partial charge in [0.25, 0.3) is 0 Å². The molecular weight excluding hydrogens is 276 g/mol. The Hall–Kier alpha value is -2.62. The SMILES string of the molecule is C1=NCCN=Cc2ccccc2OCCOc2ccccc21. The Labute approximate surface area is 130 Å². The third-order valence-electron chi connectivity index (χ3n) is 3.26. The fourth-order valence-corrected chi connectivity index (χ4v) is 2.18. The van der Waals surface area contributed by atoms with Crippen molar-refractivity contribution in [2.45, 2.75) is 0 Å².